The van der Waals surface area contributed by atoms with Crippen LogP contribution in [-0.4, -0.2) is 33.2 Å². The van der Waals surface area contributed by atoms with Crippen LogP contribution < -0.4 is 5.32 Å². The summed E-state index contributed by atoms with van der Waals surface area (Å²) in [5, 5.41) is 2.97. The van der Waals surface area contributed by atoms with Crippen molar-refractivity contribution in [2.24, 2.45) is 0 Å². The van der Waals surface area contributed by atoms with E-state index in [1.807, 2.05) is 53.4 Å². The number of nitrogens with one attached hydrogen (secondary N) is 2. The molecule has 1 saturated heterocycles. The topological polar surface area (TPSA) is 78.1 Å². The molecule has 0 bridgehead atoms. The molecule has 2 aromatic carbocycles. The molecule has 1 aromatic heterocycles. The van der Waals surface area contributed by atoms with E-state index in [-0.39, 0.29) is 30.7 Å². The molecule has 156 valence electrons. The summed E-state index contributed by atoms with van der Waals surface area (Å²) in [6.07, 6.45) is 2.21. The van der Waals surface area contributed by atoms with Gasteiger partial charge in [-0.3, -0.25) is 9.59 Å². The highest BCUT2D eigenvalue weighted by molar-refractivity contribution is 5.94. The number of likely N-dealkylation sites (tertiary alicyclic amines) is 1. The molecule has 1 fully saturated rings. The summed E-state index contributed by atoms with van der Waals surface area (Å²) < 4.78 is 0. The number of H-pyrrole nitrogens is 1. The van der Waals surface area contributed by atoms with Crippen LogP contribution in [0.4, 0.5) is 5.69 Å². The summed E-state index contributed by atoms with van der Waals surface area (Å²) in [6, 6.07) is 15.7. The molecule has 1 atom stereocenters. The maximum atomic E-state index is 12.9. The van der Waals surface area contributed by atoms with Gasteiger partial charge in [-0.05, 0) is 42.5 Å². The normalized spacial score (nSPS) is 16.4. The van der Waals surface area contributed by atoms with Crippen molar-refractivity contribution in [2.75, 3.05) is 11.9 Å². The first kappa shape index (κ1) is 20.1. The fraction of sp³-hybridized carbons (Fsp3) is 0.375. The Balaban J connectivity index is 1.38. The summed E-state index contributed by atoms with van der Waals surface area (Å²) in [5.74, 6) is 1.02. The maximum absolute atomic E-state index is 12.9. The average molecular weight is 405 g/mol. The van der Waals surface area contributed by atoms with Crippen LogP contribution in [0.15, 0.2) is 48.5 Å². The van der Waals surface area contributed by atoms with Crippen molar-refractivity contribution in [3.8, 4) is 0 Å². The van der Waals surface area contributed by atoms with Crippen molar-refractivity contribution in [3.05, 3.63) is 59.9 Å². The minimum atomic E-state index is -0.129. The number of amides is 2. The van der Waals surface area contributed by atoms with Crippen LogP contribution in [0.25, 0.3) is 11.0 Å². The van der Waals surface area contributed by atoms with Gasteiger partial charge in [0.15, 0.2) is 0 Å². The zero-order chi connectivity index (χ0) is 21.1. The number of hydrogen-bond donors (Lipinski definition) is 2. The molecule has 0 spiro atoms. The van der Waals surface area contributed by atoms with Gasteiger partial charge in [0.1, 0.15) is 5.82 Å². The van der Waals surface area contributed by atoms with Crippen LogP contribution in [-0.2, 0) is 9.59 Å². The Kier molecular flexibility index (Phi) is 5.84. The lowest BCUT2D eigenvalue weighted by molar-refractivity contribution is -0.133. The fourth-order valence-corrected chi connectivity index (χ4v) is 4.17. The predicted molar refractivity (Wildman–Crippen MR) is 118 cm³/mol. The molecule has 0 saturated carbocycles. The monoisotopic (exact) mass is 404 g/mol. The van der Waals surface area contributed by atoms with Crippen molar-refractivity contribution in [3.63, 3.8) is 0 Å². The van der Waals surface area contributed by atoms with E-state index in [2.05, 4.69) is 29.1 Å². The Bertz CT molecular complexity index is 1020. The van der Waals surface area contributed by atoms with Crippen LogP contribution >= 0.6 is 0 Å². The van der Waals surface area contributed by atoms with Crippen molar-refractivity contribution in [2.45, 2.75) is 51.5 Å². The fourth-order valence-electron chi connectivity index (χ4n) is 4.17. The molecule has 2 heterocycles. The van der Waals surface area contributed by atoms with Gasteiger partial charge in [-0.1, -0.05) is 44.2 Å². The molecule has 1 unspecified atom stereocenters. The molecule has 4 rings (SSSR count). The van der Waals surface area contributed by atoms with Crippen molar-refractivity contribution in [1.29, 1.82) is 0 Å². The van der Waals surface area contributed by atoms with E-state index in [1.165, 1.54) is 0 Å². The first-order valence-corrected chi connectivity index (χ1v) is 10.7. The Hall–Kier alpha value is -3.15. The number of hydrogen-bond acceptors (Lipinski definition) is 3. The van der Waals surface area contributed by atoms with Crippen LogP contribution in [0.1, 0.15) is 62.9 Å². The van der Waals surface area contributed by atoms with E-state index in [1.54, 1.807) is 0 Å². The molecular formula is C24H28N4O2. The summed E-state index contributed by atoms with van der Waals surface area (Å²) in [5.41, 5.74) is 3.82. The molecule has 30 heavy (non-hydrogen) atoms. The zero-order valence-electron chi connectivity index (χ0n) is 17.5. The highest BCUT2D eigenvalue weighted by atomic mass is 16.2. The van der Waals surface area contributed by atoms with E-state index in [9.17, 15) is 9.59 Å². The van der Waals surface area contributed by atoms with E-state index in [4.69, 9.17) is 0 Å². The van der Waals surface area contributed by atoms with Crippen molar-refractivity contribution in [1.82, 2.24) is 14.9 Å². The van der Waals surface area contributed by atoms with Crippen LogP contribution in [0.3, 0.4) is 0 Å². The first-order chi connectivity index (χ1) is 14.5. The zero-order valence-corrected chi connectivity index (χ0v) is 17.5. The Morgan fingerprint density at radius 1 is 1.13 bits per heavy atom. The highest BCUT2D eigenvalue weighted by Gasteiger charge is 2.32. The van der Waals surface area contributed by atoms with Gasteiger partial charge in [0.05, 0.1) is 17.1 Å². The molecule has 3 aromatic rings. The molecular weight excluding hydrogens is 376 g/mol. The van der Waals surface area contributed by atoms with Gasteiger partial charge in [0.2, 0.25) is 11.8 Å². The smallest absolute Gasteiger partial charge is 0.224 e. The number of aromatic amines is 1. The Morgan fingerprint density at radius 2 is 1.90 bits per heavy atom. The minimum absolute atomic E-state index is 0.00486. The van der Waals surface area contributed by atoms with Crippen molar-refractivity contribution >= 4 is 28.5 Å². The SMILES string of the molecule is CC(C)c1ccccc1NC(=O)CCC(=O)N1CCCC1c1nc2ccccc2[nH]1. The molecule has 6 nitrogen and oxygen atoms in total. The van der Waals surface area contributed by atoms with Gasteiger partial charge in [0.25, 0.3) is 0 Å². The van der Waals surface area contributed by atoms with Crippen LogP contribution in [0.2, 0.25) is 0 Å². The minimum Gasteiger partial charge on any atom is -0.340 e. The van der Waals surface area contributed by atoms with E-state index in [0.717, 1.165) is 41.0 Å². The molecule has 2 amide bonds. The van der Waals surface area contributed by atoms with E-state index < -0.39 is 0 Å². The first-order valence-electron chi connectivity index (χ1n) is 10.7. The number of rotatable bonds is 6. The number of nitrogens with zero attached hydrogens (tertiary/aromatic N) is 2. The standard InChI is InChI=1S/C24H28N4O2/c1-16(2)17-8-3-4-9-18(17)25-22(29)13-14-23(30)28-15-7-12-21(28)24-26-19-10-5-6-11-20(19)27-24/h3-6,8-11,16,21H,7,12-15H2,1-2H3,(H,25,29)(H,26,27). The molecule has 6 heteroatoms. The predicted octanol–water partition coefficient (Wildman–Crippen LogP) is 4.77. The number of carbonyl (C=O) groups is 2. The van der Waals surface area contributed by atoms with Crippen LogP contribution in [0.5, 0.6) is 0 Å². The molecule has 0 aliphatic carbocycles. The largest absolute Gasteiger partial charge is 0.340 e. The van der Waals surface area contributed by atoms with Gasteiger partial charge < -0.3 is 15.2 Å². The van der Waals surface area contributed by atoms with Crippen LogP contribution in [0, 0.1) is 0 Å². The van der Waals surface area contributed by atoms with Gasteiger partial charge >= 0.3 is 0 Å². The maximum Gasteiger partial charge on any atom is 0.224 e. The summed E-state index contributed by atoms with van der Waals surface area (Å²) in [6.45, 7) is 4.90. The second-order valence-corrected chi connectivity index (χ2v) is 8.17. The number of anilines is 1. The number of fused-ring (bicyclic) bond motifs is 1. The number of para-hydroxylation sites is 3. The molecule has 0 radical (unpaired) electrons. The summed E-state index contributed by atoms with van der Waals surface area (Å²) >= 11 is 0. The number of imidazole rings is 1. The third-order valence-corrected chi connectivity index (χ3v) is 5.72. The lowest BCUT2D eigenvalue weighted by Crippen LogP contribution is -2.31. The summed E-state index contributed by atoms with van der Waals surface area (Å²) in [7, 11) is 0. The second-order valence-electron chi connectivity index (χ2n) is 8.17. The number of benzene rings is 2. The highest BCUT2D eigenvalue weighted by Crippen LogP contribution is 2.32. The Morgan fingerprint density at radius 3 is 2.70 bits per heavy atom. The average Bonchev–Trinajstić information content (AvgIpc) is 3.39. The molecule has 2 N–H and O–H groups in total. The van der Waals surface area contributed by atoms with Gasteiger partial charge in [-0.2, -0.15) is 0 Å². The summed E-state index contributed by atoms with van der Waals surface area (Å²) in [4.78, 5) is 35.3. The Labute approximate surface area is 176 Å². The quantitative estimate of drug-likeness (QED) is 0.621. The lowest BCUT2D eigenvalue weighted by atomic mass is 10.0. The molecule has 1 aliphatic rings. The van der Waals surface area contributed by atoms with Gasteiger partial charge in [0, 0.05) is 25.1 Å². The molecule has 1 aliphatic heterocycles. The van der Waals surface area contributed by atoms with Gasteiger partial charge in [-0.25, -0.2) is 4.98 Å². The van der Waals surface area contributed by atoms with Crippen molar-refractivity contribution < 1.29 is 9.59 Å². The van der Waals surface area contributed by atoms with E-state index in [0.29, 0.717) is 12.5 Å². The third-order valence-electron chi connectivity index (χ3n) is 5.72. The lowest BCUT2D eigenvalue weighted by Gasteiger charge is -2.23. The number of aromatic nitrogens is 2. The second kappa shape index (κ2) is 8.69. The van der Waals surface area contributed by atoms with E-state index >= 15 is 0 Å². The number of carbonyl (C=O) groups excluding carboxylic acids is 2. The third kappa shape index (κ3) is 4.22. The van der Waals surface area contributed by atoms with Gasteiger partial charge in [-0.15, -0.1) is 0 Å².